The predicted molar refractivity (Wildman–Crippen MR) is 50.0 cm³/mol. The molecule has 1 N–H and O–H groups in total. The van der Waals surface area contributed by atoms with Crippen LogP contribution in [0.2, 0.25) is 0 Å². The van der Waals surface area contributed by atoms with Crippen LogP contribution in [-0.2, 0) is 4.79 Å². The van der Waals surface area contributed by atoms with E-state index in [1.807, 2.05) is 19.1 Å². The van der Waals surface area contributed by atoms with Crippen molar-refractivity contribution in [2.75, 3.05) is 0 Å². The highest BCUT2D eigenvalue weighted by Gasteiger charge is 2.23. The van der Waals surface area contributed by atoms with Gasteiger partial charge in [-0.15, -0.1) is 0 Å². The number of carboxylic acids is 1. The fourth-order valence-electron chi connectivity index (χ4n) is 1.08. The molecule has 0 saturated carbocycles. The van der Waals surface area contributed by atoms with Crippen LogP contribution >= 0.6 is 0 Å². The zero-order chi connectivity index (χ0) is 9.78. The molecular weight excluding hydrogens is 152 g/mol. The van der Waals surface area contributed by atoms with Crippen molar-refractivity contribution in [1.29, 1.82) is 0 Å². The summed E-state index contributed by atoms with van der Waals surface area (Å²) >= 11 is 0. The molecule has 0 heterocycles. The van der Waals surface area contributed by atoms with Gasteiger partial charge in [-0.25, -0.2) is 0 Å². The van der Waals surface area contributed by atoms with Crippen molar-refractivity contribution in [3.63, 3.8) is 0 Å². The fourth-order valence-corrected chi connectivity index (χ4v) is 1.08. The maximum Gasteiger partial charge on any atom is 0.303 e. The molecule has 0 fully saturated rings. The lowest BCUT2D eigenvalue weighted by atomic mass is 9.78. The SMILES string of the molecule is C/C=C/C(CC(=O)O)C(C)(C)C. The van der Waals surface area contributed by atoms with Crippen LogP contribution < -0.4 is 0 Å². The molecule has 2 nitrogen and oxygen atoms in total. The van der Waals surface area contributed by atoms with Crippen LogP contribution in [0.1, 0.15) is 34.1 Å². The van der Waals surface area contributed by atoms with Gasteiger partial charge in [0.05, 0.1) is 6.42 Å². The van der Waals surface area contributed by atoms with Crippen LogP contribution in [0, 0.1) is 11.3 Å². The topological polar surface area (TPSA) is 37.3 Å². The highest BCUT2D eigenvalue weighted by Crippen LogP contribution is 2.29. The van der Waals surface area contributed by atoms with E-state index in [2.05, 4.69) is 20.8 Å². The Morgan fingerprint density at radius 1 is 1.50 bits per heavy atom. The maximum absolute atomic E-state index is 10.5. The van der Waals surface area contributed by atoms with E-state index in [-0.39, 0.29) is 17.8 Å². The number of hydrogen-bond donors (Lipinski definition) is 1. The highest BCUT2D eigenvalue weighted by molar-refractivity contribution is 5.67. The molecular formula is C10H18O2. The number of aliphatic carboxylic acids is 1. The minimum absolute atomic E-state index is 0.0326. The third-order valence-electron chi connectivity index (χ3n) is 1.93. The number of carboxylic acid groups (broad SMARTS) is 1. The van der Waals surface area contributed by atoms with Crippen LogP contribution in [0.4, 0.5) is 0 Å². The van der Waals surface area contributed by atoms with Crippen molar-refractivity contribution >= 4 is 5.97 Å². The predicted octanol–water partition coefficient (Wildman–Crippen LogP) is 2.70. The van der Waals surface area contributed by atoms with Crippen molar-refractivity contribution in [2.45, 2.75) is 34.1 Å². The fraction of sp³-hybridized carbons (Fsp3) is 0.700. The summed E-state index contributed by atoms with van der Waals surface area (Å²) in [6.45, 7) is 8.09. The molecule has 0 radical (unpaired) electrons. The Kier molecular flexibility index (Phi) is 4.01. The average molecular weight is 170 g/mol. The second-order valence-electron chi connectivity index (χ2n) is 4.10. The van der Waals surface area contributed by atoms with Gasteiger partial charge in [0.25, 0.3) is 0 Å². The van der Waals surface area contributed by atoms with Gasteiger partial charge in [0.15, 0.2) is 0 Å². The first kappa shape index (κ1) is 11.2. The molecule has 0 aromatic carbocycles. The quantitative estimate of drug-likeness (QED) is 0.661. The first-order valence-corrected chi connectivity index (χ1v) is 4.22. The number of carbonyl (C=O) groups is 1. The van der Waals surface area contributed by atoms with E-state index in [0.29, 0.717) is 0 Å². The third kappa shape index (κ3) is 4.16. The van der Waals surface area contributed by atoms with Crippen LogP contribution in [-0.4, -0.2) is 11.1 Å². The Morgan fingerprint density at radius 3 is 2.25 bits per heavy atom. The smallest absolute Gasteiger partial charge is 0.303 e. The standard InChI is InChI=1S/C10H18O2/c1-5-6-8(7-9(11)12)10(2,3)4/h5-6,8H,7H2,1-4H3,(H,11,12)/b6-5+. The number of rotatable bonds is 3. The Bertz CT molecular complexity index is 175. The molecule has 1 atom stereocenters. The van der Waals surface area contributed by atoms with Gasteiger partial charge >= 0.3 is 5.97 Å². The van der Waals surface area contributed by atoms with Gasteiger partial charge in [0.1, 0.15) is 0 Å². The number of allylic oxidation sites excluding steroid dienone is 2. The highest BCUT2D eigenvalue weighted by atomic mass is 16.4. The third-order valence-corrected chi connectivity index (χ3v) is 1.93. The first-order chi connectivity index (χ1) is 5.38. The molecule has 0 aliphatic heterocycles. The first-order valence-electron chi connectivity index (χ1n) is 4.22. The lowest BCUT2D eigenvalue weighted by Gasteiger charge is -2.26. The van der Waals surface area contributed by atoms with Crippen molar-refractivity contribution in [3.8, 4) is 0 Å². The molecule has 0 aliphatic rings. The zero-order valence-electron chi connectivity index (χ0n) is 8.29. The molecule has 0 aliphatic carbocycles. The van der Waals surface area contributed by atoms with Crippen LogP contribution in [0.15, 0.2) is 12.2 Å². The summed E-state index contributed by atoms with van der Waals surface area (Å²) in [5.41, 5.74) is 0.0326. The molecule has 0 aromatic heterocycles. The zero-order valence-corrected chi connectivity index (χ0v) is 8.29. The second-order valence-corrected chi connectivity index (χ2v) is 4.10. The van der Waals surface area contributed by atoms with Crippen LogP contribution in [0.5, 0.6) is 0 Å². The molecule has 0 saturated heterocycles. The largest absolute Gasteiger partial charge is 0.481 e. The van der Waals surface area contributed by atoms with Crippen molar-refractivity contribution in [2.24, 2.45) is 11.3 Å². The van der Waals surface area contributed by atoms with Gasteiger partial charge in [-0.1, -0.05) is 32.9 Å². The summed E-state index contributed by atoms with van der Waals surface area (Å²) < 4.78 is 0. The van der Waals surface area contributed by atoms with Crippen LogP contribution in [0.3, 0.4) is 0 Å². The summed E-state index contributed by atoms with van der Waals surface area (Å²) in [5, 5.41) is 8.64. The van der Waals surface area contributed by atoms with Crippen LogP contribution in [0.25, 0.3) is 0 Å². The maximum atomic E-state index is 10.5. The van der Waals surface area contributed by atoms with Gasteiger partial charge < -0.3 is 5.11 Å². The molecule has 0 aromatic rings. The molecule has 0 bridgehead atoms. The number of hydrogen-bond acceptors (Lipinski definition) is 1. The van der Waals surface area contributed by atoms with E-state index in [0.717, 1.165) is 0 Å². The summed E-state index contributed by atoms with van der Waals surface area (Å²) in [6, 6.07) is 0. The summed E-state index contributed by atoms with van der Waals surface area (Å²) in [7, 11) is 0. The van der Waals surface area contributed by atoms with Crippen molar-refractivity contribution in [3.05, 3.63) is 12.2 Å². The van der Waals surface area contributed by atoms with E-state index >= 15 is 0 Å². The van der Waals surface area contributed by atoms with Gasteiger partial charge in [0.2, 0.25) is 0 Å². The molecule has 1 unspecified atom stereocenters. The summed E-state index contributed by atoms with van der Waals surface area (Å²) in [4.78, 5) is 10.5. The summed E-state index contributed by atoms with van der Waals surface area (Å²) in [6.07, 6.45) is 4.10. The van der Waals surface area contributed by atoms with E-state index in [4.69, 9.17) is 5.11 Å². The Morgan fingerprint density at radius 2 is 2.00 bits per heavy atom. The van der Waals surface area contributed by atoms with Crippen molar-refractivity contribution < 1.29 is 9.90 Å². The van der Waals surface area contributed by atoms with Gasteiger partial charge in [-0.3, -0.25) is 4.79 Å². The lowest BCUT2D eigenvalue weighted by Crippen LogP contribution is -2.21. The van der Waals surface area contributed by atoms with Gasteiger partial charge in [0, 0.05) is 0 Å². The molecule has 0 rings (SSSR count). The van der Waals surface area contributed by atoms with Gasteiger partial charge in [-0.2, -0.15) is 0 Å². The molecule has 0 spiro atoms. The van der Waals surface area contributed by atoms with E-state index in [9.17, 15) is 4.79 Å². The Balaban J connectivity index is 4.34. The second kappa shape index (κ2) is 4.29. The van der Waals surface area contributed by atoms with Crippen molar-refractivity contribution in [1.82, 2.24) is 0 Å². The minimum atomic E-state index is -0.729. The lowest BCUT2D eigenvalue weighted by molar-refractivity contribution is -0.138. The Hall–Kier alpha value is -0.790. The van der Waals surface area contributed by atoms with Gasteiger partial charge in [-0.05, 0) is 18.3 Å². The van der Waals surface area contributed by atoms with E-state index < -0.39 is 5.97 Å². The van der Waals surface area contributed by atoms with E-state index in [1.54, 1.807) is 0 Å². The Labute approximate surface area is 74.3 Å². The molecule has 70 valence electrons. The minimum Gasteiger partial charge on any atom is -0.481 e. The molecule has 0 amide bonds. The normalized spacial score (nSPS) is 15.0. The van der Waals surface area contributed by atoms with E-state index in [1.165, 1.54) is 0 Å². The molecule has 12 heavy (non-hydrogen) atoms. The summed E-state index contributed by atoms with van der Waals surface area (Å²) in [5.74, 6) is -0.604. The monoisotopic (exact) mass is 170 g/mol. The molecule has 2 heteroatoms. The average Bonchev–Trinajstić information content (AvgIpc) is 1.83.